The average molecular weight is 347 g/mol. The van der Waals surface area contributed by atoms with Gasteiger partial charge in [-0.1, -0.05) is 30.3 Å². The lowest BCUT2D eigenvalue weighted by Gasteiger charge is -2.12. The summed E-state index contributed by atoms with van der Waals surface area (Å²) in [5.74, 6) is -0.135. The molecule has 1 amide bonds. The van der Waals surface area contributed by atoms with Gasteiger partial charge >= 0.3 is 0 Å². The van der Waals surface area contributed by atoms with Crippen LogP contribution in [0.25, 0.3) is 10.8 Å². The number of nitrogens with zero attached hydrogens (tertiary/aromatic N) is 2. The molecule has 5 nitrogen and oxygen atoms in total. The van der Waals surface area contributed by atoms with Gasteiger partial charge in [0.05, 0.1) is 5.71 Å². The number of anilines is 1. The minimum Gasteiger partial charge on any atom is -0.507 e. The Morgan fingerprint density at radius 3 is 2.38 bits per heavy atom. The van der Waals surface area contributed by atoms with Crippen molar-refractivity contribution in [3.05, 3.63) is 71.8 Å². The SMILES string of the molecule is C/C(=N/NC(=O)c1ccc(N(C)C)cc1)c1ccc2ccccc2c1O. The van der Waals surface area contributed by atoms with E-state index in [0.29, 0.717) is 16.8 Å². The normalized spacial score (nSPS) is 11.4. The van der Waals surface area contributed by atoms with E-state index in [-0.39, 0.29) is 11.7 Å². The van der Waals surface area contributed by atoms with Crippen LogP contribution in [0.2, 0.25) is 0 Å². The lowest BCUT2D eigenvalue weighted by atomic mass is 10.0. The molecular weight excluding hydrogens is 326 g/mol. The molecule has 0 saturated carbocycles. The van der Waals surface area contributed by atoms with Gasteiger partial charge in [-0.3, -0.25) is 4.79 Å². The van der Waals surface area contributed by atoms with Crippen LogP contribution in [-0.4, -0.2) is 30.8 Å². The van der Waals surface area contributed by atoms with Gasteiger partial charge in [-0.2, -0.15) is 5.10 Å². The predicted octanol–water partition coefficient (Wildman–Crippen LogP) is 3.77. The zero-order chi connectivity index (χ0) is 18.7. The van der Waals surface area contributed by atoms with Crippen LogP contribution in [0.15, 0.2) is 65.8 Å². The summed E-state index contributed by atoms with van der Waals surface area (Å²) in [7, 11) is 3.89. The van der Waals surface area contributed by atoms with E-state index in [1.807, 2.05) is 61.5 Å². The molecule has 3 rings (SSSR count). The Bertz CT molecular complexity index is 976. The Hall–Kier alpha value is -3.34. The molecule has 5 heteroatoms. The van der Waals surface area contributed by atoms with Crippen LogP contribution in [0.4, 0.5) is 5.69 Å². The predicted molar refractivity (Wildman–Crippen MR) is 106 cm³/mol. The molecule has 3 aromatic carbocycles. The number of aromatic hydroxyl groups is 1. The monoisotopic (exact) mass is 347 g/mol. The highest BCUT2D eigenvalue weighted by Crippen LogP contribution is 2.28. The number of rotatable bonds is 4. The van der Waals surface area contributed by atoms with Gasteiger partial charge in [0.25, 0.3) is 5.91 Å². The minimum absolute atomic E-state index is 0.161. The van der Waals surface area contributed by atoms with Crippen molar-refractivity contribution in [2.24, 2.45) is 5.10 Å². The van der Waals surface area contributed by atoms with E-state index in [1.54, 1.807) is 25.1 Å². The molecule has 0 spiro atoms. The van der Waals surface area contributed by atoms with E-state index < -0.39 is 0 Å². The molecule has 0 bridgehead atoms. The Balaban J connectivity index is 1.79. The second kappa shape index (κ2) is 7.27. The Morgan fingerprint density at radius 1 is 1.00 bits per heavy atom. The number of benzene rings is 3. The topological polar surface area (TPSA) is 64.9 Å². The van der Waals surface area contributed by atoms with Gasteiger partial charge in [0.2, 0.25) is 0 Å². The number of hydrazone groups is 1. The second-order valence-corrected chi connectivity index (χ2v) is 6.26. The van der Waals surface area contributed by atoms with Crippen LogP contribution < -0.4 is 10.3 Å². The molecule has 0 saturated heterocycles. The van der Waals surface area contributed by atoms with Crippen molar-refractivity contribution in [3.8, 4) is 5.75 Å². The highest BCUT2D eigenvalue weighted by Gasteiger charge is 2.10. The van der Waals surface area contributed by atoms with E-state index in [2.05, 4.69) is 10.5 Å². The van der Waals surface area contributed by atoms with Crippen molar-refractivity contribution in [2.45, 2.75) is 6.92 Å². The first-order chi connectivity index (χ1) is 12.5. The van der Waals surface area contributed by atoms with E-state index in [9.17, 15) is 9.90 Å². The molecule has 0 aliphatic heterocycles. The third kappa shape index (κ3) is 3.52. The largest absolute Gasteiger partial charge is 0.507 e. The van der Waals surface area contributed by atoms with Crippen molar-refractivity contribution in [2.75, 3.05) is 19.0 Å². The number of phenolic OH excluding ortho intramolecular Hbond substituents is 1. The maximum Gasteiger partial charge on any atom is 0.271 e. The van der Waals surface area contributed by atoms with Crippen molar-refractivity contribution in [3.63, 3.8) is 0 Å². The summed E-state index contributed by atoms with van der Waals surface area (Å²) in [5, 5.41) is 16.3. The van der Waals surface area contributed by atoms with Crippen molar-refractivity contribution >= 4 is 28.1 Å². The summed E-state index contributed by atoms with van der Waals surface area (Å²) >= 11 is 0. The summed E-state index contributed by atoms with van der Waals surface area (Å²) < 4.78 is 0. The zero-order valence-corrected chi connectivity index (χ0v) is 15.0. The number of hydrogen-bond donors (Lipinski definition) is 2. The van der Waals surface area contributed by atoms with Crippen LogP contribution in [0, 0.1) is 0 Å². The van der Waals surface area contributed by atoms with Gasteiger partial charge < -0.3 is 10.0 Å². The summed E-state index contributed by atoms with van der Waals surface area (Å²) in [6, 6.07) is 18.6. The van der Waals surface area contributed by atoms with Crippen LogP contribution in [0.5, 0.6) is 5.75 Å². The van der Waals surface area contributed by atoms with Gasteiger partial charge in [-0.15, -0.1) is 0 Å². The van der Waals surface area contributed by atoms with Gasteiger partial charge in [0.1, 0.15) is 5.75 Å². The molecule has 0 heterocycles. The number of fused-ring (bicyclic) bond motifs is 1. The highest BCUT2D eigenvalue weighted by atomic mass is 16.3. The van der Waals surface area contributed by atoms with Gasteiger partial charge in [0.15, 0.2) is 0 Å². The second-order valence-electron chi connectivity index (χ2n) is 6.26. The molecule has 0 aliphatic carbocycles. The molecule has 0 aromatic heterocycles. The van der Waals surface area contributed by atoms with Crippen LogP contribution in [0.1, 0.15) is 22.8 Å². The molecule has 0 unspecified atom stereocenters. The summed E-state index contributed by atoms with van der Waals surface area (Å²) in [6.45, 7) is 1.75. The standard InChI is InChI=1S/C21H21N3O2/c1-14(18-13-10-15-6-4-5-7-19(15)20(18)25)22-23-21(26)16-8-11-17(12-9-16)24(2)3/h4-13,25H,1-3H3,(H,23,26)/b22-14-. The number of carbonyl (C=O) groups excluding carboxylic acids is 1. The maximum atomic E-state index is 12.3. The van der Waals surface area contributed by atoms with E-state index in [1.165, 1.54) is 0 Å². The third-order valence-electron chi connectivity index (χ3n) is 4.26. The molecular formula is C21H21N3O2. The molecule has 0 atom stereocenters. The summed E-state index contributed by atoms with van der Waals surface area (Å²) in [6.07, 6.45) is 0. The Kier molecular flexibility index (Phi) is 4.89. The quantitative estimate of drug-likeness (QED) is 0.558. The average Bonchev–Trinajstić information content (AvgIpc) is 2.66. The van der Waals surface area contributed by atoms with Crippen molar-refractivity contribution in [1.29, 1.82) is 0 Å². The first-order valence-electron chi connectivity index (χ1n) is 8.30. The molecule has 0 aliphatic rings. The van der Waals surface area contributed by atoms with Gasteiger partial charge in [-0.25, -0.2) is 5.43 Å². The first kappa shape index (κ1) is 17.5. The molecule has 132 valence electrons. The van der Waals surface area contributed by atoms with Crippen molar-refractivity contribution in [1.82, 2.24) is 5.43 Å². The Labute approximate surface area is 152 Å². The molecule has 2 N–H and O–H groups in total. The maximum absolute atomic E-state index is 12.3. The minimum atomic E-state index is -0.296. The summed E-state index contributed by atoms with van der Waals surface area (Å²) in [4.78, 5) is 14.2. The van der Waals surface area contributed by atoms with Gasteiger partial charge in [-0.05, 0) is 42.6 Å². The van der Waals surface area contributed by atoms with Crippen LogP contribution in [0.3, 0.4) is 0 Å². The van der Waals surface area contributed by atoms with E-state index >= 15 is 0 Å². The molecule has 0 radical (unpaired) electrons. The van der Waals surface area contributed by atoms with E-state index in [4.69, 9.17) is 0 Å². The van der Waals surface area contributed by atoms with Crippen molar-refractivity contribution < 1.29 is 9.90 Å². The summed E-state index contributed by atoms with van der Waals surface area (Å²) in [5.41, 5.74) is 5.21. The number of amides is 1. The van der Waals surface area contributed by atoms with E-state index in [0.717, 1.165) is 16.5 Å². The highest BCUT2D eigenvalue weighted by molar-refractivity contribution is 6.07. The molecule has 3 aromatic rings. The number of carbonyl (C=O) groups is 1. The fourth-order valence-corrected chi connectivity index (χ4v) is 2.72. The fourth-order valence-electron chi connectivity index (χ4n) is 2.72. The fraction of sp³-hybridized carbons (Fsp3) is 0.143. The third-order valence-corrected chi connectivity index (χ3v) is 4.26. The first-order valence-corrected chi connectivity index (χ1v) is 8.30. The zero-order valence-electron chi connectivity index (χ0n) is 15.0. The molecule has 26 heavy (non-hydrogen) atoms. The lowest BCUT2D eigenvalue weighted by Crippen LogP contribution is -2.19. The van der Waals surface area contributed by atoms with Crippen LogP contribution in [-0.2, 0) is 0 Å². The lowest BCUT2D eigenvalue weighted by molar-refractivity contribution is 0.0955. The number of phenols is 1. The molecule has 0 fully saturated rings. The van der Waals surface area contributed by atoms with Crippen LogP contribution >= 0.6 is 0 Å². The number of nitrogens with one attached hydrogen (secondary N) is 1. The Morgan fingerprint density at radius 2 is 1.69 bits per heavy atom. The van der Waals surface area contributed by atoms with Gasteiger partial charge in [0, 0.05) is 36.3 Å². The number of hydrogen-bond acceptors (Lipinski definition) is 4. The smallest absolute Gasteiger partial charge is 0.271 e.